The number of nitrogens with zero attached hydrogens (tertiary/aromatic N) is 1. The molecule has 1 aliphatic heterocycles. The number of hydrogen-bond donors (Lipinski definition) is 1. The number of carboxylic acid groups (broad SMARTS) is 1. The van der Waals surface area contributed by atoms with Gasteiger partial charge < -0.3 is 9.84 Å². The summed E-state index contributed by atoms with van der Waals surface area (Å²) in [5.74, 6) is -1.56. The molecule has 2 aromatic carbocycles. The second-order valence-corrected chi connectivity index (χ2v) is 5.64. The van der Waals surface area contributed by atoms with Crippen LogP contribution in [0.1, 0.15) is 16.7 Å². The molecule has 24 heavy (non-hydrogen) atoms. The first-order valence-corrected chi connectivity index (χ1v) is 7.52. The fourth-order valence-electron chi connectivity index (χ4n) is 2.77. The van der Waals surface area contributed by atoms with Crippen molar-refractivity contribution in [1.29, 1.82) is 0 Å². The first kappa shape index (κ1) is 16.0. The summed E-state index contributed by atoms with van der Waals surface area (Å²) >= 11 is 0. The number of carbonyl (C=O) groups is 2. The number of ether oxygens (including phenoxy) is 1. The smallest absolute Gasteiger partial charge is 0.411 e. The number of rotatable bonds is 3. The number of benzene rings is 2. The molecule has 0 radical (unpaired) electrons. The third kappa shape index (κ3) is 3.37. The van der Waals surface area contributed by atoms with Crippen LogP contribution in [0.2, 0.25) is 0 Å². The lowest BCUT2D eigenvalue weighted by atomic mass is 9.94. The van der Waals surface area contributed by atoms with Gasteiger partial charge in [-0.15, -0.1) is 0 Å². The summed E-state index contributed by atoms with van der Waals surface area (Å²) < 4.78 is 18.6. The minimum atomic E-state index is -1.14. The maximum atomic E-state index is 13.3. The third-order valence-corrected chi connectivity index (χ3v) is 4.02. The van der Waals surface area contributed by atoms with E-state index in [4.69, 9.17) is 4.74 Å². The molecule has 0 bridgehead atoms. The highest BCUT2D eigenvalue weighted by Crippen LogP contribution is 2.25. The molecule has 1 heterocycles. The van der Waals surface area contributed by atoms with Crippen molar-refractivity contribution in [2.75, 3.05) is 0 Å². The Hall–Kier alpha value is -2.89. The fraction of sp³-hybridized carbons (Fsp3) is 0.222. The predicted molar refractivity (Wildman–Crippen MR) is 83.7 cm³/mol. The number of aliphatic carboxylic acids is 1. The van der Waals surface area contributed by atoms with Crippen LogP contribution in [0.4, 0.5) is 9.18 Å². The van der Waals surface area contributed by atoms with E-state index in [1.165, 1.54) is 17.0 Å². The Kier molecular flexibility index (Phi) is 4.46. The molecule has 1 N–H and O–H groups in total. The van der Waals surface area contributed by atoms with E-state index in [-0.39, 0.29) is 19.6 Å². The molecular weight excluding hydrogens is 313 g/mol. The standard InChI is InChI=1S/C18H16FNO4/c19-15-7-6-13-10-20(16(17(21)22)9-14(13)8-15)18(23)24-11-12-4-2-1-3-5-12/h1-8,16H,9-11H2,(H,21,22)/t16-/m0/s1. The van der Waals surface area contributed by atoms with Crippen molar-refractivity contribution in [2.24, 2.45) is 0 Å². The van der Waals surface area contributed by atoms with Gasteiger partial charge in [-0.2, -0.15) is 0 Å². The van der Waals surface area contributed by atoms with E-state index in [0.717, 1.165) is 11.1 Å². The molecule has 124 valence electrons. The van der Waals surface area contributed by atoms with Gasteiger partial charge in [0.2, 0.25) is 0 Å². The van der Waals surface area contributed by atoms with E-state index in [1.54, 1.807) is 6.07 Å². The van der Waals surface area contributed by atoms with Crippen molar-refractivity contribution in [3.63, 3.8) is 0 Å². The Balaban J connectivity index is 1.76. The van der Waals surface area contributed by atoms with Gasteiger partial charge in [0.05, 0.1) is 6.54 Å². The van der Waals surface area contributed by atoms with Gasteiger partial charge in [0.1, 0.15) is 18.5 Å². The molecule has 0 saturated heterocycles. The van der Waals surface area contributed by atoms with Crippen molar-refractivity contribution in [3.05, 3.63) is 71.0 Å². The SMILES string of the molecule is O=C(O)[C@@H]1Cc2cc(F)ccc2CN1C(=O)OCc1ccccc1. The van der Waals surface area contributed by atoms with Gasteiger partial charge in [0, 0.05) is 6.42 Å². The average molecular weight is 329 g/mol. The number of carbonyl (C=O) groups excluding carboxylic acids is 1. The molecule has 2 aromatic rings. The van der Waals surface area contributed by atoms with E-state index in [2.05, 4.69) is 0 Å². The molecule has 5 nitrogen and oxygen atoms in total. The van der Waals surface area contributed by atoms with Crippen molar-refractivity contribution >= 4 is 12.1 Å². The quantitative estimate of drug-likeness (QED) is 0.940. The van der Waals surface area contributed by atoms with Crippen LogP contribution in [0, 0.1) is 5.82 Å². The zero-order chi connectivity index (χ0) is 17.1. The van der Waals surface area contributed by atoms with Gasteiger partial charge in [0.15, 0.2) is 0 Å². The molecule has 3 rings (SSSR count). The monoisotopic (exact) mass is 329 g/mol. The van der Waals surface area contributed by atoms with Gasteiger partial charge in [-0.3, -0.25) is 4.90 Å². The molecular formula is C18H16FNO4. The Morgan fingerprint density at radius 1 is 1.17 bits per heavy atom. The molecule has 0 spiro atoms. The Morgan fingerprint density at radius 3 is 2.62 bits per heavy atom. The van der Waals surface area contributed by atoms with Crippen LogP contribution >= 0.6 is 0 Å². The molecule has 0 unspecified atom stereocenters. The molecule has 0 aliphatic carbocycles. The summed E-state index contributed by atoms with van der Waals surface area (Å²) in [7, 11) is 0. The summed E-state index contributed by atoms with van der Waals surface area (Å²) in [4.78, 5) is 25.0. The minimum Gasteiger partial charge on any atom is -0.480 e. The first-order chi connectivity index (χ1) is 11.5. The minimum absolute atomic E-state index is 0.0584. The molecule has 1 amide bonds. The van der Waals surface area contributed by atoms with E-state index in [1.807, 2.05) is 30.3 Å². The lowest BCUT2D eigenvalue weighted by Crippen LogP contribution is -2.48. The van der Waals surface area contributed by atoms with Crippen LogP contribution < -0.4 is 0 Å². The fourth-order valence-corrected chi connectivity index (χ4v) is 2.77. The Bertz CT molecular complexity index is 763. The molecule has 0 fully saturated rings. The lowest BCUT2D eigenvalue weighted by Gasteiger charge is -2.33. The number of hydrogen-bond acceptors (Lipinski definition) is 3. The number of carboxylic acids is 1. The largest absolute Gasteiger partial charge is 0.480 e. The highest BCUT2D eigenvalue weighted by molar-refractivity contribution is 5.81. The highest BCUT2D eigenvalue weighted by atomic mass is 19.1. The van der Waals surface area contributed by atoms with Gasteiger partial charge in [-0.25, -0.2) is 14.0 Å². The zero-order valence-electron chi connectivity index (χ0n) is 12.8. The summed E-state index contributed by atoms with van der Waals surface area (Å²) in [6.07, 6.45) is -0.635. The second-order valence-electron chi connectivity index (χ2n) is 5.64. The van der Waals surface area contributed by atoms with Crippen molar-refractivity contribution in [3.8, 4) is 0 Å². The second kappa shape index (κ2) is 6.70. The number of amides is 1. The molecule has 1 aliphatic rings. The summed E-state index contributed by atoms with van der Waals surface area (Å²) in [5.41, 5.74) is 2.15. The van der Waals surface area contributed by atoms with Gasteiger partial charge >= 0.3 is 12.1 Å². The van der Waals surface area contributed by atoms with Crippen molar-refractivity contribution < 1.29 is 23.8 Å². The van der Waals surface area contributed by atoms with Gasteiger partial charge in [0.25, 0.3) is 0 Å². The van der Waals surface area contributed by atoms with Crippen molar-refractivity contribution in [2.45, 2.75) is 25.6 Å². The van der Waals surface area contributed by atoms with E-state index < -0.39 is 23.9 Å². The van der Waals surface area contributed by atoms with E-state index in [9.17, 15) is 19.1 Å². The maximum absolute atomic E-state index is 13.3. The molecule has 0 saturated carbocycles. The summed E-state index contributed by atoms with van der Waals surface area (Å²) in [5, 5.41) is 9.39. The van der Waals surface area contributed by atoms with Crippen LogP contribution in [0.3, 0.4) is 0 Å². The van der Waals surface area contributed by atoms with Crippen molar-refractivity contribution in [1.82, 2.24) is 4.90 Å². The number of fused-ring (bicyclic) bond motifs is 1. The molecule has 1 atom stereocenters. The van der Waals surface area contributed by atoms with E-state index >= 15 is 0 Å². The molecule has 0 aromatic heterocycles. The maximum Gasteiger partial charge on any atom is 0.411 e. The van der Waals surface area contributed by atoms with Gasteiger partial charge in [-0.05, 0) is 28.8 Å². The summed E-state index contributed by atoms with van der Waals surface area (Å²) in [6, 6.07) is 12.3. The third-order valence-electron chi connectivity index (χ3n) is 4.02. The normalized spacial score (nSPS) is 16.4. The van der Waals surface area contributed by atoms with Gasteiger partial charge in [-0.1, -0.05) is 36.4 Å². The van der Waals surface area contributed by atoms with Crippen LogP contribution in [-0.4, -0.2) is 28.1 Å². The van der Waals surface area contributed by atoms with Crippen LogP contribution in [0.15, 0.2) is 48.5 Å². The first-order valence-electron chi connectivity index (χ1n) is 7.52. The molecule has 6 heteroatoms. The summed E-state index contributed by atoms with van der Waals surface area (Å²) in [6.45, 7) is 0.152. The van der Waals surface area contributed by atoms with E-state index in [0.29, 0.717) is 5.56 Å². The zero-order valence-corrected chi connectivity index (χ0v) is 12.8. The Labute approximate surface area is 138 Å². The number of halogens is 1. The highest BCUT2D eigenvalue weighted by Gasteiger charge is 2.35. The van der Waals surface area contributed by atoms with Crippen LogP contribution in [0.25, 0.3) is 0 Å². The topological polar surface area (TPSA) is 66.8 Å². The average Bonchev–Trinajstić information content (AvgIpc) is 2.59. The van der Waals surface area contributed by atoms with Crippen LogP contribution in [-0.2, 0) is 29.1 Å². The predicted octanol–water partition coefficient (Wildman–Crippen LogP) is 2.97. The van der Waals surface area contributed by atoms with Crippen LogP contribution in [0.5, 0.6) is 0 Å². The lowest BCUT2D eigenvalue weighted by molar-refractivity contribution is -0.143. The Morgan fingerprint density at radius 2 is 1.92 bits per heavy atom.